The van der Waals surface area contributed by atoms with E-state index < -0.39 is 6.10 Å². The summed E-state index contributed by atoms with van der Waals surface area (Å²) >= 11 is 0. The van der Waals surface area contributed by atoms with Gasteiger partial charge in [-0.2, -0.15) is 5.10 Å². The van der Waals surface area contributed by atoms with Gasteiger partial charge in [0.2, 0.25) is 0 Å². The molecule has 2 aromatic carbocycles. The molecule has 8 nitrogen and oxygen atoms in total. The number of aliphatic hydroxyl groups is 1. The van der Waals surface area contributed by atoms with Gasteiger partial charge < -0.3 is 14.6 Å². The molecule has 0 aliphatic carbocycles. The van der Waals surface area contributed by atoms with E-state index in [4.69, 9.17) is 9.47 Å². The van der Waals surface area contributed by atoms with E-state index in [2.05, 4.69) is 16.1 Å². The van der Waals surface area contributed by atoms with Crippen LogP contribution in [-0.4, -0.2) is 43.8 Å². The molecule has 0 radical (unpaired) electrons. The van der Waals surface area contributed by atoms with Crippen LogP contribution in [0.15, 0.2) is 59.8 Å². The molecule has 0 aliphatic rings. The topological polar surface area (TPSA) is 91.4 Å². The molecule has 0 aliphatic heterocycles. The fraction of sp³-hybridized carbons (Fsp3) is 0.292. The van der Waals surface area contributed by atoms with E-state index in [0.29, 0.717) is 23.4 Å². The highest BCUT2D eigenvalue weighted by atomic mass is 16.5. The number of hydrogen-bond donors (Lipinski definition) is 1. The van der Waals surface area contributed by atoms with Crippen LogP contribution in [0.2, 0.25) is 0 Å². The minimum atomic E-state index is -0.881. The van der Waals surface area contributed by atoms with Gasteiger partial charge in [-0.3, -0.25) is 9.36 Å². The van der Waals surface area contributed by atoms with Crippen molar-refractivity contribution in [1.29, 1.82) is 0 Å². The second-order valence-electron chi connectivity index (χ2n) is 7.71. The van der Waals surface area contributed by atoms with Crippen LogP contribution in [0, 0.1) is 13.8 Å². The highest BCUT2D eigenvalue weighted by molar-refractivity contribution is 5.75. The number of ether oxygens (including phenoxy) is 2. The minimum Gasteiger partial charge on any atom is -0.494 e. The highest BCUT2D eigenvalue weighted by Crippen LogP contribution is 2.18. The maximum atomic E-state index is 12.9. The van der Waals surface area contributed by atoms with Crippen LogP contribution >= 0.6 is 0 Å². The van der Waals surface area contributed by atoms with E-state index in [0.717, 1.165) is 22.6 Å². The van der Waals surface area contributed by atoms with Crippen molar-refractivity contribution >= 4 is 11.0 Å². The summed E-state index contributed by atoms with van der Waals surface area (Å²) < 4.78 is 14.1. The molecule has 2 heterocycles. The van der Waals surface area contributed by atoms with Crippen LogP contribution < -0.4 is 15.0 Å². The summed E-state index contributed by atoms with van der Waals surface area (Å²) in [5.74, 6) is 1.37. The van der Waals surface area contributed by atoms with Crippen LogP contribution in [0.25, 0.3) is 16.7 Å². The number of fused-ring (bicyclic) bond motifs is 1. The summed E-state index contributed by atoms with van der Waals surface area (Å²) in [6, 6.07) is 13.2. The molecule has 0 bridgehead atoms. The van der Waals surface area contributed by atoms with E-state index in [1.54, 1.807) is 28.9 Å². The van der Waals surface area contributed by atoms with Crippen LogP contribution in [-0.2, 0) is 6.54 Å². The third kappa shape index (κ3) is 4.65. The Morgan fingerprint density at radius 1 is 1.03 bits per heavy atom. The molecule has 166 valence electrons. The number of aromatic nitrogens is 4. The summed E-state index contributed by atoms with van der Waals surface area (Å²) in [4.78, 5) is 17.4. The van der Waals surface area contributed by atoms with Gasteiger partial charge in [-0.05, 0) is 68.3 Å². The summed E-state index contributed by atoms with van der Waals surface area (Å²) in [6.45, 7) is 6.64. The van der Waals surface area contributed by atoms with Gasteiger partial charge in [0.15, 0.2) is 5.65 Å². The van der Waals surface area contributed by atoms with Crippen molar-refractivity contribution < 1.29 is 14.6 Å². The number of aryl methyl sites for hydroxylation is 2. The van der Waals surface area contributed by atoms with Gasteiger partial charge in [0.05, 0.1) is 25.0 Å². The average molecular weight is 434 g/mol. The monoisotopic (exact) mass is 434 g/mol. The summed E-state index contributed by atoms with van der Waals surface area (Å²) in [7, 11) is 0. The molecule has 1 unspecified atom stereocenters. The number of rotatable bonds is 8. The molecule has 1 N–H and O–H groups in total. The Morgan fingerprint density at radius 3 is 2.34 bits per heavy atom. The van der Waals surface area contributed by atoms with E-state index in [1.165, 1.54) is 17.1 Å². The first kappa shape index (κ1) is 21.6. The van der Waals surface area contributed by atoms with Gasteiger partial charge in [-0.1, -0.05) is 6.07 Å². The zero-order chi connectivity index (χ0) is 22.7. The third-order valence-electron chi connectivity index (χ3n) is 4.99. The maximum Gasteiger partial charge on any atom is 0.264 e. The van der Waals surface area contributed by atoms with Crippen LogP contribution in [0.1, 0.15) is 18.1 Å². The Labute approximate surface area is 185 Å². The first-order chi connectivity index (χ1) is 15.4. The molecule has 0 spiro atoms. The zero-order valence-corrected chi connectivity index (χ0v) is 18.4. The molecule has 0 fully saturated rings. The Morgan fingerprint density at radius 2 is 1.69 bits per heavy atom. The largest absolute Gasteiger partial charge is 0.494 e. The molecular formula is C24H26N4O4. The standard InChI is InChI=1S/C24H26N4O4/c1-4-31-20-5-7-21(8-6-20)32-14-19(29)13-27-15-25-23-22(24(27)30)12-26-28(23)18-10-16(2)9-17(3)11-18/h5-12,15,19,29H,4,13-14H2,1-3H3. The Kier molecular flexibility index (Phi) is 6.23. The molecule has 1 atom stereocenters. The number of benzene rings is 2. The molecule has 0 saturated heterocycles. The Bertz CT molecular complexity index is 1260. The second kappa shape index (κ2) is 9.23. The smallest absolute Gasteiger partial charge is 0.264 e. The Balaban J connectivity index is 1.47. The van der Waals surface area contributed by atoms with Gasteiger partial charge in [0.1, 0.15) is 35.9 Å². The van der Waals surface area contributed by atoms with Gasteiger partial charge >= 0.3 is 0 Å². The van der Waals surface area contributed by atoms with Crippen LogP contribution in [0.4, 0.5) is 0 Å². The lowest BCUT2D eigenvalue weighted by atomic mass is 10.1. The zero-order valence-electron chi connectivity index (χ0n) is 18.4. The quantitative estimate of drug-likeness (QED) is 0.458. The van der Waals surface area contributed by atoms with Crippen molar-refractivity contribution in [3.05, 3.63) is 76.5 Å². The molecule has 0 saturated carbocycles. The highest BCUT2D eigenvalue weighted by Gasteiger charge is 2.14. The summed E-state index contributed by atoms with van der Waals surface area (Å²) in [5.41, 5.74) is 3.29. The van der Waals surface area contributed by atoms with E-state index in [9.17, 15) is 9.90 Å². The Hall–Kier alpha value is -3.65. The van der Waals surface area contributed by atoms with Crippen molar-refractivity contribution in [2.75, 3.05) is 13.2 Å². The maximum absolute atomic E-state index is 12.9. The predicted molar refractivity (Wildman–Crippen MR) is 122 cm³/mol. The molecule has 8 heteroatoms. The van der Waals surface area contributed by atoms with Gasteiger partial charge in [-0.15, -0.1) is 0 Å². The van der Waals surface area contributed by atoms with Crippen molar-refractivity contribution in [2.45, 2.75) is 33.4 Å². The third-order valence-corrected chi connectivity index (χ3v) is 4.99. The lowest BCUT2D eigenvalue weighted by Crippen LogP contribution is -2.30. The van der Waals surface area contributed by atoms with E-state index >= 15 is 0 Å². The van der Waals surface area contributed by atoms with E-state index in [-0.39, 0.29) is 18.7 Å². The normalized spacial score (nSPS) is 12.1. The fourth-order valence-electron chi connectivity index (χ4n) is 3.61. The number of aliphatic hydroxyl groups excluding tert-OH is 1. The predicted octanol–water partition coefficient (Wildman–Crippen LogP) is 3.04. The molecule has 2 aromatic heterocycles. The first-order valence-electron chi connectivity index (χ1n) is 10.5. The van der Waals surface area contributed by atoms with Gasteiger partial charge in [-0.25, -0.2) is 9.67 Å². The van der Waals surface area contributed by atoms with Crippen molar-refractivity contribution in [3.63, 3.8) is 0 Å². The molecule has 4 rings (SSSR count). The first-order valence-corrected chi connectivity index (χ1v) is 10.5. The molecular weight excluding hydrogens is 408 g/mol. The lowest BCUT2D eigenvalue weighted by Gasteiger charge is -2.14. The minimum absolute atomic E-state index is 0.0420. The van der Waals surface area contributed by atoms with Crippen molar-refractivity contribution in [3.8, 4) is 17.2 Å². The van der Waals surface area contributed by atoms with Crippen molar-refractivity contribution in [2.24, 2.45) is 0 Å². The summed E-state index contributed by atoms with van der Waals surface area (Å²) in [5, 5.41) is 15.1. The molecule has 4 aromatic rings. The lowest BCUT2D eigenvalue weighted by molar-refractivity contribution is 0.0914. The van der Waals surface area contributed by atoms with Gasteiger partial charge in [0.25, 0.3) is 5.56 Å². The van der Waals surface area contributed by atoms with E-state index in [1.807, 2.05) is 32.9 Å². The number of nitrogens with zero attached hydrogens (tertiary/aromatic N) is 4. The summed E-state index contributed by atoms with van der Waals surface area (Å²) in [6.07, 6.45) is 2.07. The fourth-order valence-corrected chi connectivity index (χ4v) is 3.61. The van der Waals surface area contributed by atoms with Crippen molar-refractivity contribution in [1.82, 2.24) is 19.3 Å². The van der Waals surface area contributed by atoms with Gasteiger partial charge in [0, 0.05) is 0 Å². The average Bonchev–Trinajstić information content (AvgIpc) is 3.20. The second-order valence-corrected chi connectivity index (χ2v) is 7.71. The molecule has 32 heavy (non-hydrogen) atoms. The van der Waals surface area contributed by atoms with Crippen LogP contribution in [0.5, 0.6) is 11.5 Å². The SMILES string of the molecule is CCOc1ccc(OCC(O)Cn2cnc3c(cnn3-c3cc(C)cc(C)c3)c2=O)cc1. The van der Waals surface area contributed by atoms with Crippen LogP contribution in [0.3, 0.4) is 0 Å². The number of hydrogen-bond acceptors (Lipinski definition) is 6. The molecule has 0 amide bonds.